The van der Waals surface area contributed by atoms with E-state index in [0.29, 0.717) is 51.5 Å². The van der Waals surface area contributed by atoms with Crippen LogP contribution in [0.5, 0.6) is 11.5 Å². The van der Waals surface area contributed by atoms with E-state index in [4.69, 9.17) is 4.74 Å². The Hall–Kier alpha value is -4.71. The molecule has 5 aromatic heterocycles. The molecule has 1 amide bonds. The van der Waals surface area contributed by atoms with Crippen LogP contribution in [0, 0.1) is 6.92 Å². The van der Waals surface area contributed by atoms with Crippen LogP contribution >= 0.6 is 0 Å². The van der Waals surface area contributed by atoms with Gasteiger partial charge in [0.05, 0.1) is 29.3 Å². The van der Waals surface area contributed by atoms with Gasteiger partial charge in [0.2, 0.25) is 0 Å². The zero-order valence-corrected chi connectivity index (χ0v) is 21.2. The maximum absolute atomic E-state index is 13.5. The molecule has 38 heavy (non-hydrogen) atoms. The molecule has 0 saturated carbocycles. The van der Waals surface area contributed by atoms with Gasteiger partial charge in [0, 0.05) is 68.3 Å². The number of fused-ring (bicyclic) bond motifs is 2. The number of anilines is 2. The molecule has 5 aromatic rings. The zero-order chi connectivity index (χ0) is 26.2. The first-order chi connectivity index (χ1) is 18.4. The molecule has 192 valence electrons. The average molecular weight is 511 g/mol. The minimum atomic E-state index is -0.357. The SMILES string of the molecule is Cc1cn2cc(NC(=O)c3cnc(N4CC(C)NC(C)C4)c4nccnc34)cc(Oc3ccnnc3)c2n1. The Morgan fingerprint density at radius 1 is 1.03 bits per heavy atom. The van der Waals surface area contributed by atoms with Gasteiger partial charge in [0.15, 0.2) is 17.2 Å². The number of aromatic nitrogens is 7. The quantitative estimate of drug-likeness (QED) is 0.363. The highest BCUT2D eigenvalue weighted by Gasteiger charge is 2.26. The van der Waals surface area contributed by atoms with Crippen LogP contribution in [0.1, 0.15) is 29.9 Å². The Morgan fingerprint density at radius 3 is 2.58 bits per heavy atom. The van der Waals surface area contributed by atoms with E-state index in [1.165, 1.54) is 6.20 Å². The minimum Gasteiger partial charge on any atom is -0.452 e. The van der Waals surface area contributed by atoms with Crippen molar-refractivity contribution in [1.29, 1.82) is 0 Å². The van der Waals surface area contributed by atoms with Crippen LogP contribution < -0.4 is 20.3 Å². The van der Waals surface area contributed by atoms with Crippen molar-refractivity contribution < 1.29 is 9.53 Å². The molecule has 12 nitrogen and oxygen atoms in total. The van der Waals surface area contributed by atoms with Crippen LogP contribution in [0.2, 0.25) is 0 Å². The topological polar surface area (TPSA) is 135 Å². The summed E-state index contributed by atoms with van der Waals surface area (Å²) >= 11 is 0. The number of nitrogens with one attached hydrogen (secondary N) is 2. The van der Waals surface area contributed by atoms with Crippen LogP contribution in [0.4, 0.5) is 11.5 Å². The number of imidazole rings is 1. The number of carbonyl (C=O) groups is 1. The van der Waals surface area contributed by atoms with E-state index in [1.54, 1.807) is 47.5 Å². The fraction of sp³-hybridized carbons (Fsp3) is 0.269. The van der Waals surface area contributed by atoms with Gasteiger partial charge in [-0.1, -0.05) is 0 Å². The summed E-state index contributed by atoms with van der Waals surface area (Å²) in [5.74, 6) is 1.33. The molecule has 2 N–H and O–H groups in total. The molecule has 0 spiro atoms. The molecule has 0 radical (unpaired) electrons. The first-order valence-electron chi connectivity index (χ1n) is 12.3. The molecular weight excluding hydrogens is 484 g/mol. The highest BCUT2D eigenvalue weighted by Crippen LogP contribution is 2.30. The maximum Gasteiger partial charge on any atom is 0.259 e. The Kier molecular flexibility index (Phi) is 6.00. The fourth-order valence-electron chi connectivity index (χ4n) is 4.84. The van der Waals surface area contributed by atoms with Gasteiger partial charge in [-0.25, -0.2) is 15.0 Å². The molecule has 1 saturated heterocycles. The van der Waals surface area contributed by atoms with E-state index >= 15 is 0 Å². The Morgan fingerprint density at radius 2 is 1.82 bits per heavy atom. The van der Waals surface area contributed by atoms with E-state index in [2.05, 4.69) is 59.5 Å². The lowest BCUT2D eigenvalue weighted by molar-refractivity contribution is 0.102. The number of nitrogens with zero attached hydrogens (tertiary/aromatic N) is 8. The second kappa shape index (κ2) is 9.63. The van der Waals surface area contributed by atoms with E-state index in [9.17, 15) is 4.79 Å². The molecule has 0 aromatic carbocycles. The molecule has 12 heteroatoms. The molecule has 2 unspecified atom stereocenters. The summed E-state index contributed by atoms with van der Waals surface area (Å²) in [6, 6.07) is 4.02. The van der Waals surface area contributed by atoms with Gasteiger partial charge in [0.1, 0.15) is 16.8 Å². The Labute approximate surface area is 218 Å². The van der Waals surface area contributed by atoms with Gasteiger partial charge >= 0.3 is 0 Å². The van der Waals surface area contributed by atoms with E-state index in [0.717, 1.165) is 24.6 Å². The summed E-state index contributed by atoms with van der Waals surface area (Å²) in [6.45, 7) is 7.74. The number of hydrogen-bond donors (Lipinski definition) is 2. The lowest BCUT2D eigenvalue weighted by Gasteiger charge is -2.37. The second-order valence-electron chi connectivity index (χ2n) is 9.46. The normalized spacial score (nSPS) is 17.6. The monoisotopic (exact) mass is 510 g/mol. The largest absolute Gasteiger partial charge is 0.452 e. The first kappa shape index (κ1) is 23.7. The van der Waals surface area contributed by atoms with Crippen molar-refractivity contribution in [3.05, 3.63) is 66.8 Å². The predicted molar refractivity (Wildman–Crippen MR) is 142 cm³/mol. The number of rotatable bonds is 5. The maximum atomic E-state index is 13.5. The number of pyridine rings is 2. The average Bonchev–Trinajstić information content (AvgIpc) is 3.28. The van der Waals surface area contributed by atoms with Crippen LogP contribution in [-0.4, -0.2) is 65.6 Å². The van der Waals surface area contributed by atoms with Gasteiger partial charge in [-0.05, 0) is 20.8 Å². The molecule has 1 aliphatic heterocycles. The minimum absolute atomic E-state index is 0.302. The summed E-state index contributed by atoms with van der Waals surface area (Å²) in [7, 11) is 0. The molecular formula is C26H26N10O2. The van der Waals surface area contributed by atoms with Crippen molar-refractivity contribution in [3.8, 4) is 11.5 Å². The highest BCUT2D eigenvalue weighted by atomic mass is 16.5. The lowest BCUT2D eigenvalue weighted by atomic mass is 10.1. The van der Waals surface area contributed by atoms with Crippen LogP contribution in [-0.2, 0) is 0 Å². The van der Waals surface area contributed by atoms with Crippen molar-refractivity contribution in [1.82, 2.24) is 39.9 Å². The standard InChI is InChI=1S/C26H26N10O2/c1-15-11-35(12-16(2)32-15)25-23-22(27-6-7-28-23)20(10-29-25)26(37)34-18-8-21(38-19-4-5-30-31-9-19)24-33-17(3)13-36(24)14-18/h4-10,13-16,32H,11-12H2,1-3H3,(H,34,37). The zero-order valence-electron chi connectivity index (χ0n) is 21.2. The third-order valence-electron chi connectivity index (χ3n) is 6.26. The number of amides is 1. The van der Waals surface area contributed by atoms with Gasteiger partial charge in [0.25, 0.3) is 5.91 Å². The second-order valence-corrected chi connectivity index (χ2v) is 9.46. The molecule has 6 rings (SSSR count). The van der Waals surface area contributed by atoms with Gasteiger partial charge < -0.3 is 24.7 Å². The lowest BCUT2D eigenvalue weighted by Crippen LogP contribution is -2.54. The van der Waals surface area contributed by atoms with Crippen molar-refractivity contribution in [3.63, 3.8) is 0 Å². The first-order valence-corrected chi connectivity index (χ1v) is 12.3. The molecule has 0 aliphatic carbocycles. The van der Waals surface area contributed by atoms with E-state index < -0.39 is 0 Å². The third-order valence-corrected chi connectivity index (χ3v) is 6.26. The molecule has 1 fully saturated rings. The van der Waals surface area contributed by atoms with Gasteiger partial charge in [-0.3, -0.25) is 9.78 Å². The summed E-state index contributed by atoms with van der Waals surface area (Å²) in [5.41, 5.74) is 3.35. The fourth-order valence-corrected chi connectivity index (χ4v) is 4.84. The summed E-state index contributed by atoms with van der Waals surface area (Å²) in [6.07, 6.45) is 11.5. The number of ether oxygens (including phenoxy) is 1. The third kappa shape index (κ3) is 4.57. The number of carbonyl (C=O) groups excluding carboxylic acids is 1. The molecule has 0 bridgehead atoms. The van der Waals surface area contributed by atoms with Crippen LogP contribution in [0.15, 0.2) is 55.5 Å². The Bertz CT molecular complexity index is 1630. The smallest absolute Gasteiger partial charge is 0.259 e. The van der Waals surface area contributed by atoms with Crippen molar-refractivity contribution in [2.45, 2.75) is 32.9 Å². The summed E-state index contributed by atoms with van der Waals surface area (Å²) < 4.78 is 7.83. The van der Waals surface area contributed by atoms with Gasteiger partial charge in [-0.2, -0.15) is 10.2 Å². The van der Waals surface area contributed by atoms with Crippen LogP contribution in [0.25, 0.3) is 16.7 Å². The summed E-state index contributed by atoms with van der Waals surface area (Å²) in [4.78, 5) is 34.0. The van der Waals surface area contributed by atoms with E-state index in [-0.39, 0.29) is 5.91 Å². The van der Waals surface area contributed by atoms with Crippen LogP contribution in [0.3, 0.4) is 0 Å². The molecule has 6 heterocycles. The van der Waals surface area contributed by atoms with Crippen molar-refractivity contribution >= 4 is 34.1 Å². The number of piperazine rings is 1. The molecule has 1 aliphatic rings. The molecule has 2 atom stereocenters. The predicted octanol–water partition coefficient (Wildman–Crippen LogP) is 3.00. The van der Waals surface area contributed by atoms with Crippen molar-refractivity contribution in [2.24, 2.45) is 0 Å². The van der Waals surface area contributed by atoms with Crippen molar-refractivity contribution in [2.75, 3.05) is 23.3 Å². The number of hydrogen-bond acceptors (Lipinski definition) is 10. The number of aryl methyl sites for hydroxylation is 1. The van der Waals surface area contributed by atoms with E-state index in [1.807, 2.05) is 13.1 Å². The Balaban J connectivity index is 1.34. The summed E-state index contributed by atoms with van der Waals surface area (Å²) in [5, 5.41) is 14.1. The highest BCUT2D eigenvalue weighted by molar-refractivity contribution is 6.12. The van der Waals surface area contributed by atoms with Gasteiger partial charge in [-0.15, -0.1) is 0 Å².